The predicted octanol–water partition coefficient (Wildman–Crippen LogP) is 4.72. The van der Waals surface area contributed by atoms with E-state index in [-0.39, 0.29) is 11.7 Å². The van der Waals surface area contributed by atoms with E-state index in [0.29, 0.717) is 23.6 Å². The summed E-state index contributed by atoms with van der Waals surface area (Å²) in [5, 5.41) is 0.851. The molecule has 0 spiro atoms. The standard InChI is InChI=1S/C25H22N2O4/c1-15-4-6-16(7-5-15)19-12-23(27-14-26-19)30-22-11-18-10-17-8-9-24(28)29-20(17)13-21(18)31-25(22,2)3/h4-10,12-14,22H,11H2,1-3H3/t22-/m0/s1. The lowest BCUT2D eigenvalue weighted by atomic mass is 9.90. The highest BCUT2D eigenvalue weighted by Gasteiger charge is 2.39. The molecule has 156 valence electrons. The van der Waals surface area contributed by atoms with Crippen LogP contribution in [0, 0.1) is 6.92 Å². The zero-order chi connectivity index (χ0) is 21.6. The number of ether oxygens (including phenoxy) is 2. The van der Waals surface area contributed by atoms with Gasteiger partial charge in [0.05, 0.1) is 5.69 Å². The van der Waals surface area contributed by atoms with Crippen molar-refractivity contribution in [2.75, 3.05) is 0 Å². The van der Waals surface area contributed by atoms with Crippen LogP contribution in [0.4, 0.5) is 0 Å². The zero-order valence-electron chi connectivity index (χ0n) is 17.6. The van der Waals surface area contributed by atoms with E-state index in [1.165, 1.54) is 18.0 Å². The second-order valence-electron chi connectivity index (χ2n) is 8.38. The summed E-state index contributed by atoms with van der Waals surface area (Å²) in [6.45, 7) is 6.01. The van der Waals surface area contributed by atoms with Gasteiger partial charge in [0, 0.05) is 35.6 Å². The molecule has 4 aromatic rings. The number of rotatable bonds is 3. The first-order valence-corrected chi connectivity index (χ1v) is 10.2. The summed E-state index contributed by atoms with van der Waals surface area (Å²) >= 11 is 0. The van der Waals surface area contributed by atoms with Crippen molar-refractivity contribution >= 4 is 11.0 Å². The van der Waals surface area contributed by atoms with Crippen LogP contribution in [0.25, 0.3) is 22.2 Å². The Morgan fingerprint density at radius 2 is 1.84 bits per heavy atom. The molecule has 0 saturated heterocycles. The number of nitrogens with zero attached hydrogens (tertiary/aromatic N) is 2. The van der Waals surface area contributed by atoms with Crippen LogP contribution in [-0.4, -0.2) is 21.7 Å². The van der Waals surface area contributed by atoms with E-state index >= 15 is 0 Å². The van der Waals surface area contributed by atoms with Gasteiger partial charge in [-0.2, -0.15) is 0 Å². The van der Waals surface area contributed by atoms with Gasteiger partial charge in [-0.15, -0.1) is 0 Å². The first-order chi connectivity index (χ1) is 14.9. The minimum Gasteiger partial charge on any atom is -0.484 e. The second-order valence-corrected chi connectivity index (χ2v) is 8.38. The topological polar surface area (TPSA) is 74.5 Å². The summed E-state index contributed by atoms with van der Waals surface area (Å²) < 4.78 is 17.8. The van der Waals surface area contributed by atoms with Crippen molar-refractivity contribution in [2.24, 2.45) is 0 Å². The summed E-state index contributed by atoms with van der Waals surface area (Å²) in [6, 6.07) is 17.0. The average Bonchev–Trinajstić information content (AvgIpc) is 2.73. The molecule has 0 aliphatic carbocycles. The molecular weight excluding hydrogens is 392 g/mol. The molecule has 2 aromatic carbocycles. The fraction of sp³-hybridized carbons (Fsp3) is 0.240. The summed E-state index contributed by atoms with van der Waals surface area (Å²) in [5.74, 6) is 1.21. The van der Waals surface area contributed by atoms with Gasteiger partial charge in [-0.05, 0) is 38.5 Å². The molecule has 1 aliphatic heterocycles. The highest BCUT2D eigenvalue weighted by Crippen LogP contribution is 2.37. The number of aromatic nitrogens is 2. The van der Waals surface area contributed by atoms with Crippen LogP contribution in [0.3, 0.4) is 0 Å². The molecule has 31 heavy (non-hydrogen) atoms. The maximum Gasteiger partial charge on any atom is 0.336 e. The molecule has 1 aliphatic rings. The number of fused-ring (bicyclic) bond motifs is 2. The van der Waals surface area contributed by atoms with Gasteiger partial charge in [-0.1, -0.05) is 29.8 Å². The van der Waals surface area contributed by atoms with E-state index in [1.807, 2.05) is 38.1 Å². The Morgan fingerprint density at radius 1 is 1.03 bits per heavy atom. The molecular formula is C25H22N2O4. The van der Waals surface area contributed by atoms with Crippen molar-refractivity contribution in [1.29, 1.82) is 0 Å². The number of aryl methyl sites for hydroxylation is 1. The third kappa shape index (κ3) is 3.77. The monoisotopic (exact) mass is 414 g/mol. The molecule has 0 amide bonds. The first kappa shape index (κ1) is 19.3. The first-order valence-electron chi connectivity index (χ1n) is 10.2. The Hall–Kier alpha value is -3.67. The summed E-state index contributed by atoms with van der Waals surface area (Å²) in [6.07, 6.45) is 1.90. The van der Waals surface area contributed by atoms with E-state index in [2.05, 4.69) is 29.0 Å². The SMILES string of the molecule is Cc1ccc(-c2cc(O[C@H]3Cc4cc5ccc(=O)oc5cc4OC3(C)C)ncn2)cc1. The molecule has 0 N–H and O–H groups in total. The molecule has 0 fully saturated rings. The average molecular weight is 414 g/mol. The molecule has 3 heterocycles. The van der Waals surface area contributed by atoms with E-state index in [1.54, 1.807) is 12.1 Å². The normalized spacial score (nSPS) is 17.1. The minimum absolute atomic E-state index is 0.256. The Bertz CT molecular complexity index is 1330. The van der Waals surface area contributed by atoms with Gasteiger partial charge in [0.1, 0.15) is 29.4 Å². The summed E-state index contributed by atoms with van der Waals surface area (Å²) in [7, 11) is 0. The van der Waals surface area contributed by atoms with Crippen LogP contribution in [0.1, 0.15) is 25.0 Å². The second kappa shape index (κ2) is 7.23. The molecule has 0 unspecified atom stereocenters. The molecule has 5 rings (SSSR count). The van der Waals surface area contributed by atoms with Crippen LogP contribution in [-0.2, 0) is 6.42 Å². The molecule has 6 heteroatoms. The smallest absolute Gasteiger partial charge is 0.336 e. The summed E-state index contributed by atoms with van der Waals surface area (Å²) in [4.78, 5) is 20.2. The molecule has 1 atom stereocenters. The predicted molar refractivity (Wildman–Crippen MR) is 118 cm³/mol. The van der Waals surface area contributed by atoms with Crippen LogP contribution >= 0.6 is 0 Å². The molecule has 2 aromatic heterocycles. The van der Waals surface area contributed by atoms with Gasteiger partial charge in [0.2, 0.25) is 5.88 Å². The number of hydrogen-bond acceptors (Lipinski definition) is 6. The number of benzene rings is 2. The van der Waals surface area contributed by atoms with Crippen molar-refractivity contribution in [1.82, 2.24) is 9.97 Å². The fourth-order valence-electron chi connectivity index (χ4n) is 3.81. The van der Waals surface area contributed by atoms with E-state index in [0.717, 1.165) is 22.2 Å². The maximum absolute atomic E-state index is 11.5. The number of hydrogen-bond donors (Lipinski definition) is 0. The van der Waals surface area contributed by atoms with Crippen LogP contribution < -0.4 is 15.1 Å². The maximum atomic E-state index is 11.5. The Balaban J connectivity index is 1.45. The van der Waals surface area contributed by atoms with Crippen LogP contribution in [0.15, 0.2) is 70.1 Å². The quantitative estimate of drug-likeness (QED) is 0.452. The Kier molecular flexibility index (Phi) is 4.50. The zero-order valence-corrected chi connectivity index (χ0v) is 17.6. The van der Waals surface area contributed by atoms with Gasteiger partial charge in [0.15, 0.2) is 0 Å². The Labute approximate surface area is 179 Å². The Morgan fingerprint density at radius 3 is 2.65 bits per heavy atom. The summed E-state index contributed by atoms with van der Waals surface area (Å²) in [5.41, 5.74) is 3.54. The highest BCUT2D eigenvalue weighted by molar-refractivity contribution is 5.79. The third-order valence-corrected chi connectivity index (χ3v) is 5.61. The third-order valence-electron chi connectivity index (χ3n) is 5.61. The van der Waals surface area contributed by atoms with E-state index in [9.17, 15) is 4.79 Å². The van der Waals surface area contributed by atoms with Crippen molar-refractivity contribution in [3.8, 4) is 22.9 Å². The lowest BCUT2D eigenvalue weighted by Crippen LogP contribution is -2.49. The van der Waals surface area contributed by atoms with Gasteiger partial charge in [-0.25, -0.2) is 14.8 Å². The van der Waals surface area contributed by atoms with Gasteiger partial charge >= 0.3 is 5.63 Å². The van der Waals surface area contributed by atoms with Crippen molar-refractivity contribution in [3.63, 3.8) is 0 Å². The van der Waals surface area contributed by atoms with Gasteiger partial charge in [0.25, 0.3) is 0 Å². The lowest BCUT2D eigenvalue weighted by Gasteiger charge is -2.39. The van der Waals surface area contributed by atoms with E-state index < -0.39 is 5.60 Å². The molecule has 0 radical (unpaired) electrons. The molecule has 6 nitrogen and oxygen atoms in total. The van der Waals surface area contributed by atoms with Gasteiger partial charge in [-0.3, -0.25) is 0 Å². The van der Waals surface area contributed by atoms with Crippen LogP contribution in [0.5, 0.6) is 11.6 Å². The fourth-order valence-corrected chi connectivity index (χ4v) is 3.81. The minimum atomic E-state index is -0.606. The van der Waals surface area contributed by atoms with E-state index in [4.69, 9.17) is 13.9 Å². The highest BCUT2D eigenvalue weighted by atomic mass is 16.6. The van der Waals surface area contributed by atoms with Crippen LogP contribution in [0.2, 0.25) is 0 Å². The lowest BCUT2D eigenvalue weighted by molar-refractivity contribution is -0.0287. The van der Waals surface area contributed by atoms with Crippen molar-refractivity contribution in [3.05, 3.63) is 82.5 Å². The van der Waals surface area contributed by atoms with Crippen molar-refractivity contribution < 1.29 is 13.9 Å². The van der Waals surface area contributed by atoms with Crippen molar-refractivity contribution in [2.45, 2.75) is 38.9 Å². The molecule has 0 bridgehead atoms. The van der Waals surface area contributed by atoms with Gasteiger partial charge < -0.3 is 13.9 Å². The molecule has 0 saturated carbocycles. The largest absolute Gasteiger partial charge is 0.484 e.